The largest absolute Gasteiger partial charge is 0.337 e. The molecule has 1 saturated heterocycles. The summed E-state index contributed by atoms with van der Waals surface area (Å²) in [6, 6.07) is 7.80. The minimum absolute atomic E-state index is 0.0533. The fraction of sp³-hybridized carbons (Fsp3) is 0.438. The summed E-state index contributed by atoms with van der Waals surface area (Å²) in [5.41, 5.74) is 1.20. The number of amides is 1. The van der Waals surface area contributed by atoms with Crippen LogP contribution in [0.15, 0.2) is 30.5 Å². The number of nitrogens with zero attached hydrogens (tertiary/aromatic N) is 5. The van der Waals surface area contributed by atoms with Crippen LogP contribution in [0.4, 0.5) is 0 Å². The average Bonchev–Trinajstić information content (AvgIpc) is 3.05. The summed E-state index contributed by atoms with van der Waals surface area (Å²) in [5.74, 6) is -0.0533. The number of likely N-dealkylation sites (tertiary alicyclic amines) is 1. The van der Waals surface area contributed by atoms with Gasteiger partial charge in [-0.1, -0.05) is 16.8 Å². The Balaban J connectivity index is 1.68. The van der Waals surface area contributed by atoms with Gasteiger partial charge in [0, 0.05) is 24.2 Å². The molecule has 3 rings (SSSR count). The Hall–Kier alpha value is -1.92. The van der Waals surface area contributed by atoms with Crippen molar-refractivity contribution in [2.75, 3.05) is 27.2 Å². The van der Waals surface area contributed by atoms with Crippen LogP contribution >= 0.6 is 11.6 Å². The van der Waals surface area contributed by atoms with E-state index in [1.807, 2.05) is 17.0 Å². The van der Waals surface area contributed by atoms with E-state index in [0.717, 1.165) is 31.6 Å². The lowest BCUT2D eigenvalue weighted by Gasteiger charge is -2.34. The SMILES string of the molecule is CN(C)C1CCN(C(=O)c2cn(-c3ccc(Cl)cc3)nn2)CC1. The van der Waals surface area contributed by atoms with Crippen molar-refractivity contribution in [1.29, 1.82) is 0 Å². The van der Waals surface area contributed by atoms with Crippen LogP contribution in [-0.4, -0.2) is 63.9 Å². The Labute approximate surface area is 140 Å². The van der Waals surface area contributed by atoms with Gasteiger partial charge in [0.2, 0.25) is 0 Å². The Morgan fingerprint density at radius 3 is 2.48 bits per heavy atom. The number of halogens is 1. The van der Waals surface area contributed by atoms with Crippen LogP contribution in [0.25, 0.3) is 5.69 Å². The number of rotatable bonds is 3. The maximum Gasteiger partial charge on any atom is 0.276 e. The van der Waals surface area contributed by atoms with E-state index in [9.17, 15) is 4.79 Å². The van der Waals surface area contributed by atoms with Gasteiger partial charge < -0.3 is 9.80 Å². The standard InChI is InChI=1S/C16H20ClN5O/c1-20(2)13-7-9-21(10-8-13)16(23)15-11-22(19-18-15)14-5-3-12(17)4-6-14/h3-6,11,13H,7-10H2,1-2H3. The molecule has 1 aliphatic heterocycles. The number of carbonyl (C=O) groups excluding carboxylic acids is 1. The van der Waals surface area contributed by atoms with E-state index < -0.39 is 0 Å². The van der Waals surface area contributed by atoms with Crippen molar-refractivity contribution in [1.82, 2.24) is 24.8 Å². The van der Waals surface area contributed by atoms with E-state index in [1.54, 1.807) is 23.0 Å². The maximum absolute atomic E-state index is 12.6. The first-order chi connectivity index (χ1) is 11.0. The lowest BCUT2D eigenvalue weighted by atomic mass is 10.0. The van der Waals surface area contributed by atoms with Crippen LogP contribution in [0.3, 0.4) is 0 Å². The van der Waals surface area contributed by atoms with E-state index in [1.165, 1.54) is 0 Å². The Kier molecular flexibility index (Phi) is 4.63. The molecule has 2 heterocycles. The molecule has 1 aromatic carbocycles. The molecule has 1 aliphatic rings. The number of carbonyl (C=O) groups is 1. The van der Waals surface area contributed by atoms with Gasteiger partial charge in [0.1, 0.15) is 0 Å². The zero-order chi connectivity index (χ0) is 16.4. The summed E-state index contributed by atoms with van der Waals surface area (Å²) in [7, 11) is 4.17. The molecular weight excluding hydrogens is 314 g/mol. The van der Waals surface area contributed by atoms with E-state index in [0.29, 0.717) is 16.8 Å². The van der Waals surface area contributed by atoms with Crippen molar-refractivity contribution in [3.8, 4) is 5.69 Å². The fourth-order valence-electron chi connectivity index (χ4n) is 2.83. The minimum Gasteiger partial charge on any atom is -0.337 e. The molecule has 7 heteroatoms. The van der Waals surface area contributed by atoms with Gasteiger partial charge in [-0.3, -0.25) is 4.79 Å². The third-order valence-electron chi connectivity index (χ3n) is 4.29. The molecule has 0 atom stereocenters. The lowest BCUT2D eigenvalue weighted by molar-refractivity contribution is 0.0657. The molecule has 0 spiro atoms. The second kappa shape index (κ2) is 6.68. The smallest absolute Gasteiger partial charge is 0.276 e. The summed E-state index contributed by atoms with van der Waals surface area (Å²) in [5, 5.41) is 8.73. The molecule has 0 N–H and O–H groups in total. The van der Waals surface area contributed by atoms with Crippen molar-refractivity contribution >= 4 is 17.5 Å². The highest BCUT2D eigenvalue weighted by atomic mass is 35.5. The van der Waals surface area contributed by atoms with Gasteiger partial charge >= 0.3 is 0 Å². The second-order valence-electron chi connectivity index (χ2n) is 6.01. The first kappa shape index (κ1) is 16.0. The van der Waals surface area contributed by atoms with Crippen LogP contribution in [0.5, 0.6) is 0 Å². The normalized spacial score (nSPS) is 16.1. The Morgan fingerprint density at radius 1 is 1.22 bits per heavy atom. The minimum atomic E-state index is -0.0533. The third-order valence-corrected chi connectivity index (χ3v) is 4.54. The zero-order valence-electron chi connectivity index (χ0n) is 13.3. The summed E-state index contributed by atoms with van der Waals surface area (Å²) < 4.78 is 1.59. The van der Waals surface area contributed by atoms with E-state index >= 15 is 0 Å². The molecule has 1 fully saturated rings. The van der Waals surface area contributed by atoms with Gasteiger partial charge in [-0.25, -0.2) is 4.68 Å². The van der Waals surface area contributed by atoms with Gasteiger partial charge in [0.15, 0.2) is 5.69 Å². The molecule has 23 heavy (non-hydrogen) atoms. The number of benzene rings is 1. The highest BCUT2D eigenvalue weighted by Crippen LogP contribution is 2.17. The molecule has 6 nitrogen and oxygen atoms in total. The number of piperidine rings is 1. The van der Waals surface area contributed by atoms with Crippen LogP contribution in [-0.2, 0) is 0 Å². The highest BCUT2D eigenvalue weighted by Gasteiger charge is 2.26. The quantitative estimate of drug-likeness (QED) is 0.863. The maximum atomic E-state index is 12.6. The lowest BCUT2D eigenvalue weighted by Crippen LogP contribution is -2.44. The number of aromatic nitrogens is 3. The van der Waals surface area contributed by atoms with Crippen LogP contribution in [0.2, 0.25) is 5.02 Å². The summed E-state index contributed by atoms with van der Waals surface area (Å²) >= 11 is 5.88. The molecule has 0 aliphatic carbocycles. The molecule has 122 valence electrons. The van der Waals surface area contributed by atoms with Gasteiger partial charge in [-0.15, -0.1) is 5.10 Å². The topological polar surface area (TPSA) is 54.3 Å². The van der Waals surface area contributed by atoms with Crippen molar-refractivity contribution in [2.24, 2.45) is 0 Å². The Morgan fingerprint density at radius 2 is 1.87 bits per heavy atom. The van der Waals surface area contributed by atoms with Crippen molar-refractivity contribution in [2.45, 2.75) is 18.9 Å². The molecule has 1 aromatic heterocycles. The van der Waals surface area contributed by atoms with Crippen LogP contribution in [0.1, 0.15) is 23.3 Å². The molecule has 0 saturated carbocycles. The van der Waals surface area contributed by atoms with E-state index in [2.05, 4.69) is 29.3 Å². The zero-order valence-corrected chi connectivity index (χ0v) is 14.1. The summed E-state index contributed by atoms with van der Waals surface area (Å²) in [4.78, 5) is 16.6. The van der Waals surface area contributed by atoms with Gasteiger partial charge in [-0.2, -0.15) is 0 Å². The van der Waals surface area contributed by atoms with Crippen molar-refractivity contribution in [3.63, 3.8) is 0 Å². The molecular formula is C16H20ClN5O. The van der Waals surface area contributed by atoms with Crippen molar-refractivity contribution in [3.05, 3.63) is 41.2 Å². The second-order valence-corrected chi connectivity index (χ2v) is 6.45. The first-order valence-corrected chi connectivity index (χ1v) is 8.06. The molecule has 0 bridgehead atoms. The third kappa shape index (κ3) is 3.54. The number of hydrogen-bond donors (Lipinski definition) is 0. The van der Waals surface area contributed by atoms with Gasteiger partial charge in [-0.05, 0) is 51.2 Å². The summed E-state index contributed by atoms with van der Waals surface area (Å²) in [6.45, 7) is 1.52. The van der Waals surface area contributed by atoms with Gasteiger partial charge in [0.25, 0.3) is 5.91 Å². The van der Waals surface area contributed by atoms with Crippen molar-refractivity contribution < 1.29 is 4.79 Å². The highest BCUT2D eigenvalue weighted by molar-refractivity contribution is 6.30. The predicted molar refractivity (Wildman–Crippen MR) is 89.0 cm³/mol. The molecule has 0 radical (unpaired) electrons. The fourth-order valence-corrected chi connectivity index (χ4v) is 2.96. The predicted octanol–water partition coefficient (Wildman–Crippen LogP) is 2.09. The van der Waals surface area contributed by atoms with Crippen LogP contribution < -0.4 is 0 Å². The molecule has 1 amide bonds. The molecule has 2 aromatic rings. The first-order valence-electron chi connectivity index (χ1n) is 7.68. The summed E-state index contributed by atoms with van der Waals surface area (Å²) in [6.07, 6.45) is 3.65. The van der Waals surface area contributed by atoms with Gasteiger partial charge in [0.05, 0.1) is 11.9 Å². The van der Waals surface area contributed by atoms with E-state index in [-0.39, 0.29) is 5.91 Å². The average molecular weight is 334 g/mol. The van der Waals surface area contributed by atoms with E-state index in [4.69, 9.17) is 11.6 Å². The van der Waals surface area contributed by atoms with Crippen LogP contribution in [0, 0.1) is 0 Å². The molecule has 0 unspecified atom stereocenters. The number of hydrogen-bond acceptors (Lipinski definition) is 4. The Bertz CT molecular complexity index is 674. The monoisotopic (exact) mass is 333 g/mol.